The summed E-state index contributed by atoms with van der Waals surface area (Å²) in [5.74, 6) is -0.142. The summed E-state index contributed by atoms with van der Waals surface area (Å²) in [5.41, 5.74) is 0.334. The maximum Gasteiger partial charge on any atom is 0.258 e. The number of aromatic amines is 1. The monoisotopic (exact) mass is 232 g/mol. The standard InChI is InChI=1S/C11H12N4O2/c1-6(2)8-10(16)14-9(15-11(8)17)7-5-12-3-4-13-7/h3-6H,1-2H3,(H2,14,15,16,17). The van der Waals surface area contributed by atoms with Gasteiger partial charge in [0.05, 0.1) is 11.8 Å². The van der Waals surface area contributed by atoms with Crippen LogP contribution in [0.3, 0.4) is 0 Å². The van der Waals surface area contributed by atoms with Crippen molar-refractivity contribution in [2.75, 3.05) is 0 Å². The first-order valence-electron chi connectivity index (χ1n) is 5.19. The van der Waals surface area contributed by atoms with Gasteiger partial charge in [0.15, 0.2) is 5.82 Å². The third-order valence-electron chi connectivity index (χ3n) is 2.32. The van der Waals surface area contributed by atoms with E-state index >= 15 is 0 Å². The van der Waals surface area contributed by atoms with E-state index in [1.165, 1.54) is 18.6 Å². The Morgan fingerprint density at radius 3 is 2.65 bits per heavy atom. The van der Waals surface area contributed by atoms with E-state index in [0.29, 0.717) is 5.69 Å². The highest BCUT2D eigenvalue weighted by Gasteiger charge is 2.15. The molecule has 2 aromatic heterocycles. The van der Waals surface area contributed by atoms with E-state index in [9.17, 15) is 9.90 Å². The summed E-state index contributed by atoms with van der Waals surface area (Å²) in [6, 6.07) is 0. The summed E-state index contributed by atoms with van der Waals surface area (Å²) < 4.78 is 0. The second-order valence-corrected chi connectivity index (χ2v) is 3.90. The molecule has 2 aromatic rings. The predicted octanol–water partition coefficient (Wildman–Crippen LogP) is 1.06. The van der Waals surface area contributed by atoms with Crippen molar-refractivity contribution in [3.63, 3.8) is 0 Å². The van der Waals surface area contributed by atoms with Crippen molar-refractivity contribution in [1.82, 2.24) is 19.9 Å². The van der Waals surface area contributed by atoms with Crippen molar-refractivity contribution in [2.24, 2.45) is 0 Å². The summed E-state index contributed by atoms with van der Waals surface area (Å²) in [6.45, 7) is 3.63. The number of H-pyrrole nitrogens is 1. The predicted molar refractivity (Wildman–Crippen MR) is 61.6 cm³/mol. The quantitative estimate of drug-likeness (QED) is 0.807. The molecule has 2 rings (SSSR count). The third-order valence-corrected chi connectivity index (χ3v) is 2.32. The summed E-state index contributed by atoms with van der Waals surface area (Å²) >= 11 is 0. The molecule has 0 atom stereocenters. The molecule has 0 bridgehead atoms. The molecule has 6 heteroatoms. The Labute approximate surface area is 97.4 Å². The first-order chi connectivity index (χ1) is 8.09. The number of hydrogen-bond acceptors (Lipinski definition) is 5. The molecule has 88 valence electrons. The van der Waals surface area contributed by atoms with Crippen LogP contribution in [-0.4, -0.2) is 25.0 Å². The highest BCUT2D eigenvalue weighted by atomic mass is 16.3. The van der Waals surface area contributed by atoms with Gasteiger partial charge in [-0.25, -0.2) is 4.98 Å². The molecule has 0 aromatic carbocycles. The molecule has 0 aliphatic heterocycles. The van der Waals surface area contributed by atoms with Gasteiger partial charge in [-0.2, -0.15) is 4.98 Å². The van der Waals surface area contributed by atoms with Crippen LogP contribution in [0.25, 0.3) is 11.5 Å². The lowest BCUT2D eigenvalue weighted by Crippen LogP contribution is -2.16. The lowest BCUT2D eigenvalue weighted by atomic mass is 10.1. The second-order valence-electron chi connectivity index (χ2n) is 3.90. The van der Waals surface area contributed by atoms with Gasteiger partial charge in [0.25, 0.3) is 5.56 Å². The molecule has 17 heavy (non-hydrogen) atoms. The molecule has 0 saturated heterocycles. The van der Waals surface area contributed by atoms with Crippen LogP contribution < -0.4 is 5.56 Å². The summed E-state index contributed by atoms with van der Waals surface area (Å²) in [4.78, 5) is 26.2. The number of hydrogen-bond donors (Lipinski definition) is 2. The Kier molecular flexibility index (Phi) is 2.86. The van der Waals surface area contributed by atoms with Crippen LogP contribution in [0.5, 0.6) is 5.88 Å². The van der Waals surface area contributed by atoms with Gasteiger partial charge in [0.2, 0.25) is 5.88 Å². The number of nitrogens with zero attached hydrogens (tertiary/aromatic N) is 3. The lowest BCUT2D eigenvalue weighted by Gasteiger charge is -2.07. The second kappa shape index (κ2) is 4.32. The smallest absolute Gasteiger partial charge is 0.258 e. The Morgan fingerprint density at radius 1 is 1.35 bits per heavy atom. The van der Waals surface area contributed by atoms with Crippen molar-refractivity contribution < 1.29 is 5.11 Å². The van der Waals surface area contributed by atoms with Crippen molar-refractivity contribution in [3.05, 3.63) is 34.5 Å². The van der Waals surface area contributed by atoms with E-state index in [0.717, 1.165) is 0 Å². The molecule has 0 spiro atoms. The van der Waals surface area contributed by atoms with Gasteiger partial charge in [-0.1, -0.05) is 13.8 Å². The molecule has 0 fully saturated rings. The fourth-order valence-electron chi connectivity index (χ4n) is 1.53. The topological polar surface area (TPSA) is 91.8 Å². The average Bonchev–Trinajstić information content (AvgIpc) is 2.28. The molecule has 0 saturated carbocycles. The lowest BCUT2D eigenvalue weighted by molar-refractivity contribution is 0.440. The Morgan fingerprint density at radius 2 is 2.12 bits per heavy atom. The summed E-state index contributed by atoms with van der Waals surface area (Å²) in [6.07, 6.45) is 4.47. The average molecular weight is 232 g/mol. The van der Waals surface area contributed by atoms with Crippen molar-refractivity contribution in [3.8, 4) is 17.4 Å². The number of nitrogens with one attached hydrogen (secondary N) is 1. The molecule has 0 aliphatic rings. The number of aromatic nitrogens is 4. The first-order valence-corrected chi connectivity index (χ1v) is 5.19. The third kappa shape index (κ3) is 2.15. The zero-order valence-electron chi connectivity index (χ0n) is 9.51. The minimum atomic E-state index is -0.354. The van der Waals surface area contributed by atoms with Crippen LogP contribution in [0.15, 0.2) is 23.4 Å². The van der Waals surface area contributed by atoms with Crippen LogP contribution in [0, 0.1) is 0 Å². The number of aromatic hydroxyl groups is 1. The molecule has 0 amide bonds. The van der Waals surface area contributed by atoms with Crippen LogP contribution in [-0.2, 0) is 0 Å². The van der Waals surface area contributed by atoms with E-state index in [1.807, 2.05) is 13.8 Å². The summed E-state index contributed by atoms with van der Waals surface area (Å²) in [5, 5.41) is 9.72. The zero-order chi connectivity index (χ0) is 12.4. The minimum Gasteiger partial charge on any atom is -0.493 e. The molecule has 2 N–H and O–H groups in total. The molecule has 0 unspecified atom stereocenters. The maximum atomic E-state index is 11.8. The molecule has 6 nitrogen and oxygen atoms in total. The van der Waals surface area contributed by atoms with Crippen LogP contribution in [0.2, 0.25) is 0 Å². The van der Waals surface area contributed by atoms with Gasteiger partial charge in [-0.15, -0.1) is 0 Å². The fraction of sp³-hybridized carbons (Fsp3) is 0.273. The van der Waals surface area contributed by atoms with Gasteiger partial charge >= 0.3 is 0 Å². The number of rotatable bonds is 2. The highest BCUT2D eigenvalue weighted by Crippen LogP contribution is 2.20. The Balaban J connectivity index is 2.58. The van der Waals surface area contributed by atoms with Crippen LogP contribution in [0.4, 0.5) is 0 Å². The van der Waals surface area contributed by atoms with Gasteiger partial charge < -0.3 is 10.1 Å². The van der Waals surface area contributed by atoms with Gasteiger partial charge in [0, 0.05) is 12.4 Å². The van der Waals surface area contributed by atoms with Gasteiger partial charge in [-0.3, -0.25) is 9.78 Å². The van der Waals surface area contributed by atoms with E-state index in [-0.39, 0.29) is 28.7 Å². The van der Waals surface area contributed by atoms with E-state index < -0.39 is 0 Å². The van der Waals surface area contributed by atoms with Crippen molar-refractivity contribution in [1.29, 1.82) is 0 Å². The largest absolute Gasteiger partial charge is 0.493 e. The van der Waals surface area contributed by atoms with E-state index in [4.69, 9.17) is 0 Å². The summed E-state index contributed by atoms with van der Waals surface area (Å²) in [7, 11) is 0. The molecule has 0 aliphatic carbocycles. The molecule has 2 heterocycles. The molecule has 0 radical (unpaired) electrons. The van der Waals surface area contributed by atoms with Crippen molar-refractivity contribution in [2.45, 2.75) is 19.8 Å². The van der Waals surface area contributed by atoms with Crippen LogP contribution in [0.1, 0.15) is 25.3 Å². The van der Waals surface area contributed by atoms with Crippen molar-refractivity contribution >= 4 is 0 Å². The van der Waals surface area contributed by atoms with Gasteiger partial charge in [-0.05, 0) is 5.92 Å². The molecular formula is C11H12N4O2. The fourth-order valence-corrected chi connectivity index (χ4v) is 1.53. The van der Waals surface area contributed by atoms with E-state index in [1.54, 1.807) is 0 Å². The zero-order valence-corrected chi connectivity index (χ0v) is 9.51. The minimum absolute atomic E-state index is 0.0952. The molecular weight excluding hydrogens is 220 g/mol. The Bertz CT molecular complexity index is 578. The highest BCUT2D eigenvalue weighted by molar-refractivity contribution is 5.48. The van der Waals surface area contributed by atoms with E-state index in [2.05, 4.69) is 19.9 Å². The van der Waals surface area contributed by atoms with Crippen LogP contribution >= 0.6 is 0 Å². The SMILES string of the molecule is CC(C)c1c(O)nc(-c2cnccn2)[nH]c1=O. The normalized spacial score (nSPS) is 10.8. The maximum absolute atomic E-state index is 11.8. The first kappa shape index (κ1) is 11.3. The Hall–Kier alpha value is -2.24. The van der Waals surface area contributed by atoms with Gasteiger partial charge in [0.1, 0.15) is 5.69 Å².